The molecule has 0 aliphatic heterocycles. The number of amides is 1. The van der Waals surface area contributed by atoms with Crippen LogP contribution in [0.5, 0.6) is 5.75 Å². The van der Waals surface area contributed by atoms with Crippen LogP contribution in [0.4, 0.5) is 5.69 Å². The molecule has 1 amide bonds. The van der Waals surface area contributed by atoms with Crippen LogP contribution < -0.4 is 10.1 Å². The van der Waals surface area contributed by atoms with E-state index in [2.05, 4.69) is 11.4 Å². The smallest absolute Gasteiger partial charge is 0.255 e. The fraction of sp³-hybridized carbons (Fsp3) is 0.0476. The van der Waals surface area contributed by atoms with Gasteiger partial charge < -0.3 is 10.1 Å². The third-order valence-corrected chi connectivity index (χ3v) is 3.80. The number of hydrogen-bond donors (Lipinski definition) is 1. The highest BCUT2D eigenvalue weighted by atomic mass is 16.5. The van der Waals surface area contributed by atoms with E-state index in [0.717, 1.165) is 11.1 Å². The van der Waals surface area contributed by atoms with Gasteiger partial charge in [0.1, 0.15) is 5.75 Å². The minimum atomic E-state index is -0.241. The van der Waals surface area contributed by atoms with Crippen LogP contribution >= 0.6 is 0 Å². The highest BCUT2D eigenvalue weighted by Gasteiger charge is 2.12. The van der Waals surface area contributed by atoms with Crippen LogP contribution in [0.25, 0.3) is 11.1 Å². The van der Waals surface area contributed by atoms with E-state index < -0.39 is 0 Å². The number of hydrogen-bond acceptors (Lipinski definition) is 3. The van der Waals surface area contributed by atoms with Gasteiger partial charge in [0, 0.05) is 16.8 Å². The maximum atomic E-state index is 12.6. The topological polar surface area (TPSA) is 62.1 Å². The molecule has 3 aromatic rings. The van der Waals surface area contributed by atoms with Gasteiger partial charge in [0.2, 0.25) is 0 Å². The van der Waals surface area contributed by atoms with Gasteiger partial charge in [0.15, 0.2) is 0 Å². The van der Waals surface area contributed by atoms with Crippen molar-refractivity contribution in [3.8, 4) is 22.9 Å². The van der Waals surface area contributed by atoms with Crippen LogP contribution in [-0.4, -0.2) is 13.0 Å². The lowest BCUT2D eigenvalue weighted by Crippen LogP contribution is -2.12. The molecular weight excluding hydrogens is 312 g/mol. The van der Waals surface area contributed by atoms with E-state index in [1.165, 1.54) is 0 Å². The van der Waals surface area contributed by atoms with Gasteiger partial charge in [-0.2, -0.15) is 5.26 Å². The van der Waals surface area contributed by atoms with E-state index in [4.69, 9.17) is 10.00 Å². The molecule has 0 bridgehead atoms. The summed E-state index contributed by atoms with van der Waals surface area (Å²) in [4.78, 5) is 12.6. The number of rotatable bonds is 4. The standard InChI is InChI=1S/C21H16N2O2/c1-25-20-11-10-17(13-19(20)16-7-3-2-4-8-16)21(24)23-18-9-5-6-15(12-18)14-22/h2-13H,1H3,(H,23,24). The van der Waals surface area contributed by atoms with Crippen LogP contribution in [-0.2, 0) is 0 Å². The third kappa shape index (κ3) is 3.67. The summed E-state index contributed by atoms with van der Waals surface area (Å²) >= 11 is 0. The van der Waals surface area contributed by atoms with E-state index in [-0.39, 0.29) is 5.91 Å². The minimum absolute atomic E-state index is 0.241. The molecule has 0 aliphatic carbocycles. The number of nitrogens with zero attached hydrogens (tertiary/aromatic N) is 1. The molecule has 0 heterocycles. The summed E-state index contributed by atoms with van der Waals surface area (Å²) < 4.78 is 5.42. The average Bonchev–Trinajstić information content (AvgIpc) is 2.68. The molecule has 25 heavy (non-hydrogen) atoms. The van der Waals surface area contributed by atoms with E-state index in [1.54, 1.807) is 49.6 Å². The lowest BCUT2D eigenvalue weighted by Gasteiger charge is -2.11. The van der Waals surface area contributed by atoms with Crippen molar-refractivity contribution in [3.05, 3.63) is 83.9 Å². The van der Waals surface area contributed by atoms with Crippen molar-refractivity contribution >= 4 is 11.6 Å². The van der Waals surface area contributed by atoms with Crippen molar-refractivity contribution in [1.82, 2.24) is 0 Å². The van der Waals surface area contributed by atoms with Gasteiger partial charge >= 0.3 is 0 Å². The largest absolute Gasteiger partial charge is 0.496 e. The molecule has 4 nitrogen and oxygen atoms in total. The lowest BCUT2D eigenvalue weighted by atomic mass is 10.0. The van der Waals surface area contributed by atoms with Crippen LogP contribution in [0, 0.1) is 11.3 Å². The van der Waals surface area contributed by atoms with Gasteiger partial charge in [-0.05, 0) is 42.0 Å². The predicted molar refractivity (Wildman–Crippen MR) is 97.5 cm³/mol. The zero-order valence-corrected chi connectivity index (χ0v) is 13.7. The summed E-state index contributed by atoms with van der Waals surface area (Å²) in [5, 5.41) is 11.8. The Morgan fingerprint density at radius 2 is 1.80 bits per heavy atom. The van der Waals surface area contributed by atoms with Crippen LogP contribution in [0.3, 0.4) is 0 Å². The molecule has 0 saturated carbocycles. The molecule has 0 fully saturated rings. The molecule has 3 aromatic carbocycles. The average molecular weight is 328 g/mol. The first-order valence-electron chi connectivity index (χ1n) is 7.76. The fourth-order valence-corrected chi connectivity index (χ4v) is 2.56. The molecule has 0 spiro atoms. The van der Waals surface area contributed by atoms with E-state index in [9.17, 15) is 4.79 Å². The van der Waals surface area contributed by atoms with Crippen LogP contribution in [0.1, 0.15) is 15.9 Å². The number of ether oxygens (including phenoxy) is 1. The van der Waals surface area contributed by atoms with Crippen molar-refractivity contribution in [2.75, 3.05) is 12.4 Å². The summed E-state index contributed by atoms with van der Waals surface area (Å²) in [6.45, 7) is 0. The normalized spacial score (nSPS) is 9.92. The molecule has 0 atom stereocenters. The number of carbonyl (C=O) groups is 1. The van der Waals surface area contributed by atoms with Gasteiger partial charge in [0.25, 0.3) is 5.91 Å². The summed E-state index contributed by atoms with van der Waals surface area (Å²) in [6, 6.07) is 23.9. The number of anilines is 1. The van der Waals surface area contributed by atoms with Crippen molar-refractivity contribution in [2.45, 2.75) is 0 Å². The Kier molecular flexibility index (Phi) is 4.77. The Balaban J connectivity index is 1.92. The predicted octanol–water partition coefficient (Wildman–Crippen LogP) is 4.49. The number of benzene rings is 3. The van der Waals surface area contributed by atoms with Crippen molar-refractivity contribution in [3.63, 3.8) is 0 Å². The second kappa shape index (κ2) is 7.33. The maximum Gasteiger partial charge on any atom is 0.255 e. The summed E-state index contributed by atoms with van der Waals surface area (Å²) in [5.41, 5.74) is 3.42. The highest BCUT2D eigenvalue weighted by Crippen LogP contribution is 2.31. The van der Waals surface area contributed by atoms with Crippen LogP contribution in [0.15, 0.2) is 72.8 Å². The minimum Gasteiger partial charge on any atom is -0.496 e. The van der Waals surface area contributed by atoms with Gasteiger partial charge in [-0.15, -0.1) is 0 Å². The zero-order valence-electron chi connectivity index (χ0n) is 13.7. The molecule has 0 unspecified atom stereocenters. The fourth-order valence-electron chi connectivity index (χ4n) is 2.56. The molecule has 0 aromatic heterocycles. The van der Waals surface area contributed by atoms with Crippen molar-refractivity contribution in [2.24, 2.45) is 0 Å². The van der Waals surface area contributed by atoms with Gasteiger partial charge in [-0.25, -0.2) is 0 Å². The summed E-state index contributed by atoms with van der Waals surface area (Å²) in [7, 11) is 1.61. The number of methoxy groups -OCH3 is 1. The molecule has 1 N–H and O–H groups in total. The van der Waals surface area contributed by atoms with Gasteiger partial charge in [-0.3, -0.25) is 4.79 Å². The number of carbonyl (C=O) groups excluding carboxylic acids is 1. The molecule has 0 saturated heterocycles. The molecule has 4 heteroatoms. The quantitative estimate of drug-likeness (QED) is 0.768. The zero-order chi connectivity index (χ0) is 17.6. The Morgan fingerprint density at radius 1 is 1.00 bits per heavy atom. The van der Waals surface area contributed by atoms with Crippen molar-refractivity contribution < 1.29 is 9.53 Å². The van der Waals surface area contributed by atoms with Gasteiger partial charge in [0.05, 0.1) is 18.7 Å². The Morgan fingerprint density at radius 3 is 2.52 bits per heavy atom. The maximum absolute atomic E-state index is 12.6. The molecular formula is C21H16N2O2. The molecule has 3 rings (SSSR count). The van der Waals surface area contributed by atoms with E-state index >= 15 is 0 Å². The summed E-state index contributed by atoms with van der Waals surface area (Å²) in [6.07, 6.45) is 0. The monoisotopic (exact) mass is 328 g/mol. The van der Waals surface area contributed by atoms with E-state index in [1.807, 2.05) is 30.3 Å². The van der Waals surface area contributed by atoms with Crippen LogP contribution in [0.2, 0.25) is 0 Å². The number of nitrogens with one attached hydrogen (secondary N) is 1. The first kappa shape index (κ1) is 16.3. The lowest BCUT2D eigenvalue weighted by molar-refractivity contribution is 0.102. The SMILES string of the molecule is COc1ccc(C(=O)Nc2cccc(C#N)c2)cc1-c1ccccc1. The first-order valence-corrected chi connectivity index (χ1v) is 7.76. The second-order valence-electron chi connectivity index (χ2n) is 5.43. The third-order valence-electron chi connectivity index (χ3n) is 3.80. The number of nitriles is 1. The molecule has 0 radical (unpaired) electrons. The first-order chi connectivity index (χ1) is 12.2. The van der Waals surface area contributed by atoms with Gasteiger partial charge in [-0.1, -0.05) is 36.4 Å². The van der Waals surface area contributed by atoms with Crippen molar-refractivity contribution in [1.29, 1.82) is 5.26 Å². The molecule has 0 aliphatic rings. The summed E-state index contributed by atoms with van der Waals surface area (Å²) in [5.74, 6) is 0.462. The second-order valence-corrected chi connectivity index (χ2v) is 5.43. The molecule has 122 valence electrons. The van der Waals surface area contributed by atoms with E-state index in [0.29, 0.717) is 22.6 Å². The Hall–Kier alpha value is -3.58. The highest BCUT2D eigenvalue weighted by molar-refractivity contribution is 6.05. The Labute approximate surface area is 146 Å². The Bertz CT molecular complexity index is 944.